The number of methoxy groups -OCH3 is 1. The summed E-state index contributed by atoms with van der Waals surface area (Å²) in [4.78, 5) is 12.4. The van der Waals surface area contributed by atoms with Crippen molar-refractivity contribution in [2.75, 3.05) is 20.3 Å². The van der Waals surface area contributed by atoms with E-state index in [0.29, 0.717) is 18.8 Å². The molecule has 0 N–H and O–H groups in total. The number of benzene rings is 2. The van der Waals surface area contributed by atoms with E-state index in [-0.39, 0.29) is 5.78 Å². The Balaban J connectivity index is 2.27. The molecule has 2 aromatic carbocycles. The first kappa shape index (κ1) is 18.6. The van der Waals surface area contributed by atoms with Gasteiger partial charge in [-0.2, -0.15) is 0 Å². The van der Waals surface area contributed by atoms with Crippen LogP contribution in [0.5, 0.6) is 17.2 Å². The van der Waals surface area contributed by atoms with Crippen LogP contribution in [0.1, 0.15) is 35.3 Å². The van der Waals surface area contributed by atoms with Gasteiger partial charge in [0, 0.05) is 11.6 Å². The molecular formula is C21H24O4. The van der Waals surface area contributed by atoms with Gasteiger partial charge in [-0.25, -0.2) is 0 Å². The summed E-state index contributed by atoms with van der Waals surface area (Å²) >= 11 is 0. The van der Waals surface area contributed by atoms with Crippen LogP contribution < -0.4 is 14.2 Å². The van der Waals surface area contributed by atoms with Crippen LogP contribution in [0.4, 0.5) is 0 Å². The fourth-order valence-corrected chi connectivity index (χ4v) is 2.43. The molecule has 0 aliphatic rings. The quantitative estimate of drug-likeness (QED) is 0.516. The molecule has 4 nitrogen and oxygen atoms in total. The van der Waals surface area contributed by atoms with Gasteiger partial charge in [0.15, 0.2) is 5.78 Å². The number of ether oxygens (including phenoxy) is 3. The summed E-state index contributed by atoms with van der Waals surface area (Å²) in [7, 11) is 1.60. The molecule has 0 bridgehead atoms. The fraction of sp³-hybridized carbons (Fsp3) is 0.286. The molecule has 0 unspecified atom stereocenters. The minimum absolute atomic E-state index is 0.0678. The first-order valence-corrected chi connectivity index (χ1v) is 8.35. The van der Waals surface area contributed by atoms with Crippen LogP contribution in [0.25, 0.3) is 6.08 Å². The molecule has 0 atom stereocenters. The second kappa shape index (κ2) is 8.92. The smallest absolute Gasteiger partial charge is 0.185 e. The summed E-state index contributed by atoms with van der Waals surface area (Å²) in [5.74, 6) is 2.15. The topological polar surface area (TPSA) is 44.8 Å². The van der Waals surface area contributed by atoms with Crippen molar-refractivity contribution in [2.24, 2.45) is 0 Å². The number of carbonyl (C=O) groups is 1. The lowest BCUT2D eigenvalue weighted by molar-refractivity contribution is 0.104. The molecular weight excluding hydrogens is 316 g/mol. The highest BCUT2D eigenvalue weighted by molar-refractivity contribution is 6.07. The Morgan fingerprint density at radius 2 is 1.68 bits per heavy atom. The van der Waals surface area contributed by atoms with Crippen molar-refractivity contribution in [3.05, 3.63) is 59.2 Å². The number of hydrogen-bond donors (Lipinski definition) is 0. The Kier molecular flexibility index (Phi) is 6.63. The van der Waals surface area contributed by atoms with Crippen LogP contribution in [-0.4, -0.2) is 26.1 Å². The molecule has 0 saturated heterocycles. The van der Waals surface area contributed by atoms with Crippen molar-refractivity contribution in [1.82, 2.24) is 0 Å². The summed E-state index contributed by atoms with van der Waals surface area (Å²) < 4.78 is 16.4. The lowest BCUT2D eigenvalue weighted by atomic mass is 10.0. The van der Waals surface area contributed by atoms with Crippen molar-refractivity contribution in [3.63, 3.8) is 0 Å². The van der Waals surface area contributed by atoms with Crippen molar-refractivity contribution < 1.29 is 19.0 Å². The Labute approximate surface area is 149 Å². The summed E-state index contributed by atoms with van der Waals surface area (Å²) in [5.41, 5.74) is 2.49. The van der Waals surface area contributed by atoms with E-state index in [1.807, 2.05) is 32.9 Å². The van der Waals surface area contributed by atoms with Gasteiger partial charge in [-0.05, 0) is 68.3 Å². The largest absolute Gasteiger partial charge is 0.497 e. The second-order valence-corrected chi connectivity index (χ2v) is 5.43. The summed E-state index contributed by atoms with van der Waals surface area (Å²) in [5, 5.41) is 0. The Morgan fingerprint density at radius 3 is 2.28 bits per heavy atom. The molecule has 25 heavy (non-hydrogen) atoms. The van der Waals surface area contributed by atoms with Gasteiger partial charge in [0.05, 0.1) is 20.3 Å². The molecule has 0 radical (unpaired) electrons. The van der Waals surface area contributed by atoms with Gasteiger partial charge in [-0.1, -0.05) is 6.08 Å². The van der Waals surface area contributed by atoms with Crippen LogP contribution >= 0.6 is 0 Å². The lowest BCUT2D eigenvalue weighted by Gasteiger charge is -2.13. The average Bonchev–Trinajstić information content (AvgIpc) is 2.63. The number of carbonyl (C=O) groups excluding carboxylic acids is 1. The van der Waals surface area contributed by atoms with E-state index >= 15 is 0 Å². The van der Waals surface area contributed by atoms with Gasteiger partial charge in [-0.15, -0.1) is 0 Å². The molecule has 2 aromatic rings. The molecule has 0 saturated carbocycles. The Morgan fingerprint density at radius 1 is 1.00 bits per heavy atom. The number of ketones is 1. The van der Waals surface area contributed by atoms with E-state index in [0.717, 1.165) is 28.4 Å². The highest BCUT2D eigenvalue weighted by Crippen LogP contribution is 2.29. The third kappa shape index (κ3) is 4.86. The van der Waals surface area contributed by atoms with Gasteiger partial charge in [0.1, 0.15) is 17.2 Å². The standard InChI is InChI=1S/C21H24O4/c1-5-24-19-13-17(15(3)21(14-19)25-6-2)9-12-20(22)16-7-10-18(23-4)11-8-16/h7-14H,5-6H2,1-4H3. The zero-order valence-corrected chi connectivity index (χ0v) is 15.2. The monoisotopic (exact) mass is 340 g/mol. The van der Waals surface area contributed by atoms with E-state index in [1.54, 1.807) is 43.5 Å². The van der Waals surface area contributed by atoms with Crippen LogP contribution in [-0.2, 0) is 0 Å². The minimum atomic E-state index is -0.0678. The van der Waals surface area contributed by atoms with E-state index in [4.69, 9.17) is 14.2 Å². The van der Waals surface area contributed by atoms with Crippen LogP contribution in [0.15, 0.2) is 42.5 Å². The molecule has 0 amide bonds. The molecule has 2 rings (SSSR count). The highest BCUT2D eigenvalue weighted by Gasteiger charge is 2.08. The summed E-state index contributed by atoms with van der Waals surface area (Å²) in [6.07, 6.45) is 3.36. The van der Waals surface area contributed by atoms with Gasteiger partial charge < -0.3 is 14.2 Å². The highest BCUT2D eigenvalue weighted by atomic mass is 16.5. The van der Waals surface area contributed by atoms with Crippen molar-refractivity contribution in [1.29, 1.82) is 0 Å². The van der Waals surface area contributed by atoms with Gasteiger partial charge in [-0.3, -0.25) is 4.79 Å². The molecule has 0 aromatic heterocycles. The average molecular weight is 340 g/mol. The summed E-state index contributed by atoms with van der Waals surface area (Å²) in [6, 6.07) is 10.8. The number of rotatable bonds is 8. The first-order chi connectivity index (χ1) is 12.1. The Bertz CT molecular complexity index is 745. The SMILES string of the molecule is CCOc1cc(C=CC(=O)c2ccc(OC)cc2)c(C)c(OCC)c1. The fourth-order valence-electron chi connectivity index (χ4n) is 2.43. The maximum Gasteiger partial charge on any atom is 0.185 e. The van der Waals surface area contributed by atoms with Crippen LogP contribution in [0.3, 0.4) is 0 Å². The van der Waals surface area contributed by atoms with Gasteiger partial charge in [0.25, 0.3) is 0 Å². The maximum atomic E-state index is 12.4. The van der Waals surface area contributed by atoms with Crippen molar-refractivity contribution in [3.8, 4) is 17.2 Å². The lowest BCUT2D eigenvalue weighted by Crippen LogP contribution is -1.99. The van der Waals surface area contributed by atoms with Crippen molar-refractivity contribution >= 4 is 11.9 Å². The zero-order chi connectivity index (χ0) is 18.2. The second-order valence-electron chi connectivity index (χ2n) is 5.43. The van der Waals surface area contributed by atoms with E-state index in [1.165, 1.54) is 0 Å². The Hall–Kier alpha value is -2.75. The van der Waals surface area contributed by atoms with Crippen LogP contribution in [0.2, 0.25) is 0 Å². The molecule has 0 fully saturated rings. The minimum Gasteiger partial charge on any atom is -0.497 e. The predicted octanol–water partition coefficient (Wildman–Crippen LogP) is 4.70. The van der Waals surface area contributed by atoms with Crippen molar-refractivity contribution in [2.45, 2.75) is 20.8 Å². The molecule has 4 heteroatoms. The third-order valence-corrected chi connectivity index (χ3v) is 3.77. The van der Waals surface area contributed by atoms with E-state index < -0.39 is 0 Å². The normalized spacial score (nSPS) is 10.7. The number of allylic oxidation sites excluding steroid dienone is 1. The molecule has 132 valence electrons. The molecule has 0 heterocycles. The maximum absolute atomic E-state index is 12.4. The summed E-state index contributed by atoms with van der Waals surface area (Å²) in [6.45, 7) is 6.99. The van der Waals surface area contributed by atoms with E-state index in [2.05, 4.69) is 0 Å². The third-order valence-electron chi connectivity index (χ3n) is 3.77. The van der Waals surface area contributed by atoms with Crippen LogP contribution in [0, 0.1) is 6.92 Å². The van der Waals surface area contributed by atoms with E-state index in [9.17, 15) is 4.79 Å². The molecule has 0 aliphatic carbocycles. The number of hydrogen-bond acceptors (Lipinski definition) is 4. The zero-order valence-electron chi connectivity index (χ0n) is 15.2. The van der Waals surface area contributed by atoms with Gasteiger partial charge in [0.2, 0.25) is 0 Å². The van der Waals surface area contributed by atoms with Gasteiger partial charge >= 0.3 is 0 Å². The first-order valence-electron chi connectivity index (χ1n) is 8.35. The molecule has 0 spiro atoms. The predicted molar refractivity (Wildman–Crippen MR) is 99.9 cm³/mol. The molecule has 0 aliphatic heterocycles.